The number of nitrogens with one attached hydrogen (secondary N) is 1. The van der Waals surface area contributed by atoms with E-state index in [2.05, 4.69) is 20.3 Å². The molecule has 8 nitrogen and oxygen atoms in total. The summed E-state index contributed by atoms with van der Waals surface area (Å²) in [6.45, 7) is 0.226. The molecule has 2 aromatic rings. The van der Waals surface area contributed by atoms with E-state index in [1.54, 1.807) is 7.05 Å². The lowest BCUT2D eigenvalue weighted by Crippen LogP contribution is -2.27. The molecule has 2 aromatic heterocycles. The molecule has 3 N–H and O–H groups in total. The van der Waals surface area contributed by atoms with Crippen LogP contribution in [0.2, 0.25) is 5.02 Å². The Morgan fingerprint density at radius 3 is 2.90 bits per heavy atom. The van der Waals surface area contributed by atoms with Gasteiger partial charge in [0.15, 0.2) is 11.6 Å². The van der Waals surface area contributed by atoms with Crippen LogP contribution < -0.4 is 5.73 Å². The highest BCUT2D eigenvalue weighted by Gasteiger charge is 2.26. The number of aromatic nitrogens is 4. The molecular weight excluding hydrogens is 296 g/mol. The topological polar surface area (TPSA) is 114 Å². The second kappa shape index (κ2) is 5.36. The maximum Gasteiger partial charge on any atom is 0.273 e. The molecule has 2 heterocycles. The summed E-state index contributed by atoms with van der Waals surface area (Å²) in [5.74, 6) is 1.26. The lowest BCUT2D eigenvalue weighted by atomic mass is 9.85. The van der Waals surface area contributed by atoms with Crippen LogP contribution >= 0.6 is 11.6 Å². The van der Waals surface area contributed by atoms with Crippen molar-refractivity contribution >= 4 is 23.3 Å². The maximum absolute atomic E-state index is 12.2. The third kappa shape index (κ3) is 2.58. The van der Waals surface area contributed by atoms with Crippen molar-refractivity contribution in [3.05, 3.63) is 22.4 Å². The molecule has 0 aromatic carbocycles. The molecule has 1 amide bonds. The fraction of sp³-hybridized carbons (Fsp3) is 0.500. The van der Waals surface area contributed by atoms with E-state index in [-0.39, 0.29) is 29.0 Å². The number of carbonyl (C=O) groups excluding carboxylic acids is 1. The van der Waals surface area contributed by atoms with E-state index in [4.69, 9.17) is 21.9 Å². The van der Waals surface area contributed by atoms with Crippen molar-refractivity contribution in [1.29, 1.82) is 0 Å². The summed E-state index contributed by atoms with van der Waals surface area (Å²) in [5.41, 5.74) is 5.66. The molecule has 0 saturated heterocycles. The molecule has 112 valence electrons. The smallest absolute Gasteiger partial charge is 0.273 e. The average molecular weight is 311 g/mol. The normalized spacial score (nSPS) is 15.0. The number of rotatable bonds is 4. The first-order valence-corrected chi connectivity index (χ1v) is 7.01. The molecule has 9 heteroatoms. The van der Waals surface area contributed by atoms with Crippen LogP contribution in [0.4, 0.5) is 5.82 Å². The van der Waals surface area contributed by atoms with Crippen LogP contribution in [0, 0.1) is 0 Å². The monoisotopic (exact) mass is 310 g/mol. The van der Waals surface area contributed by atoms with E-state index in [1.165, 1.54) is 11.3 Å². The largest absolute Gasteiger partial charge is 0.381 e. The highest BCUT2D eigenvalue weighted by molar-refractivity contribution is 6.35. The standard InChI is InChI=1S/C12H15ClN6O2/c1-19(12(20)9-8(13)10(14)17-16-9)5-7-15-11(21-18-7)6-3-2-4-6/h6H,2-5H2,1H3,(H3,14,16,17). The van der Waals surface area contributed by atoms with Crippen LogP contribution in [0.3, 0.4) is 0 Å². The van der Waals surface area contributed by atoms with Gasteiger partial charge in [0.05, 0.1) is 6.54 Å². The van der Waals surface area contributed by atoms with E-state index in [0.717, 1.165) is 12.8 Å². The second-order valence-electron chi connectivity index (χ2n) is 5.14. The van der Waals surface area contributed by atoms with E-state index in [9.17, 15) is 4.79 Å². The van der Waals surface area contributed by atoms with Crippen molar-refractivity contribution in [2.45, 2.75) is 31.7 Å². The summed E-state index contributed by atoms with van der Waals surface area (Å²) in [5, 5.41) is 10.2. The summed E-state index contributed by atoms with van der Waals surface area (Å²) in [6, 6.07) is 0. The van der Waals surface area contributed by atoms with Crippen molar-refractivity contribution in [3.63, 3.8) is 0 Å². The number of hydrogen-bond acceptors (Lipinski definition) is 6. The van der Waals surface area contributed by atoms with Crippen molar-refractivity contribution in [2.75, 3.05) is 12.8 Å². The number of carbonyl (C=O) groups is 1. The van der Waals surface area contributed by atoms with Gasteiger partial charge < -0.3 is 15.2 Å². The lowest BCUT2D eigenvalue weighted by Gasteiger charge is -2.20. The van der Waals surface area contributed by atoms with Gasteiger partial charge in [0.2, 0.25) is 5.89 Å². The predicted molar refractivity (Wildman–Crippen MR) is 74.7 cm³/mol. The first kappa shape index (κ1) is 13.9. The zero-order chi connectivity index (χ0) is 15.0. The highest BCUT2D eigenvalue weighted by Crippen LogP contribution is 2.35. The molecule has 1 fully saturated rings. The second-order valence-corrected chi connectivity index (χ2v) is 5.51. The Morgan fingerprint density at radius 2 is 2.33 bits per heavy atom. The zero-order valence-corrected chi connectivity index (χ0v) is 12.2. The van der Waals surface area contributed by atoms with E-state index >= 15 is 0 Å². The number of aromatic amines is 1. The molecule has 0 atom stereocenters. The molecule has 3 rings (SSSR count). The van der Waals surface area contributed by atoms with Gasteiger partial charge in [0, 0.05) is 13.0 Å². The van der Waals surface area contributed by atoms with E-state index in [1.807, 2.05) is 0 Å². The van der Waals surface area contributed by atoms with E-state index < -0.39 is 0 Å². The Labute approximate surface area is 125 Å². The van der Waals surface area contributed by atoms with Crippen molar-refractivity contribution in [3.8, 4) is 0 Å². The summed E-state index contributed by atoms with van der Waals surface area (Å²) in [4.78, 5) is 18.0. The van der Waals surface area contributed by atoms with Gasteiger partial charge in [-0.15, -0.1) is 0 Å². The number of amides is 1. The first-order chi connectivity index (χ1) is 10.1. The van der Waals surface area contributed by atoms with Gasteiger partial charge in [-0.2, -0.15) is 10.1 Å². The number of nitrogens with two attached hydrogens (primary N) is 1. The van der Waals surface area contributed by atoms with Crippen molar-refractivity contribution in [1.82, 2.24) is 25.2 Å². The Bertz CT molecular complexity index is 663. The van der Waals surface area contributed by atoms with Crippen LogP contribution in [-0.2, 0) is 6.54 Å². The van der Waals surface area contributed by atoms with Crippen LogP contribution in [0.25, 0.3) is 0 Å². The Balaban J connectivity index is 1.68. The summed E-state index contributed by atoms with van der Waals surface area (Å²) in [6.07, 6.45) is 3.36. The minimum absolute atomic E-state index is 0.0975. The van der Waals surface area contributed by atoms with Gasteiger partial charge >= 0.3 is 0 Å². The van der Waals surface area contributed by atoms with Crippen LogP contribution in [0.1, 0.15) is 47.4 Å². The Morgan fingerprint density at radius 1 is 1.57 bits per heavy atom. The summed E-state index contributed by atoms with van der Waals surface area (Å²) >= 11 is 5.91. The van der Waals surface area contributed by atoms with Crippen LogP contribution in [0.5, 0.6) is 0 Å². The molecule has 1 aliphatic rings. The number of H-pyrrole nitrogens is 1. The number of nitrogen functional groups attached to an aromatic ring is 1. The van der Waals surface area contributed by atoms with Gasteiger partial charge in [0.1, 0.15) is 10.7 Å². The SMILES string of the molecule is CN(Cc1noc(C2CCC2)n1)C(=O)c1[nH]nc(N)c1Cl. The zero-order valence-electron chi connectivity index (χ0n) is 11.5. The molecule has 1 aliphatic carbocycles. The van der Waals surface area contributed by atoms with Crippen molar-refractivity contribution in [2.24, 2.45) is 0 Å². The fourth-order valence-electron chi connectivity index (χ4n) is 2.11. The van der Waals surface area contributed by atoms with Gasteiger partial charge in [-0.1, -0.05) is 23.2 Å². The third-order valence-electron chi connectivity index (χ3n) is 3.61. The van der Waals surface area contributed by atoms with Gasteiger partial charge in [-0.3, -0.25) is 9.89 Å². The predicted octanol–water partition coefficient (Wildman–Crippen LogP) is 1.57. The molecule has 0 radical (unpaired) electrons. The molecule has 21 heavy (non-hydrogen) atoms. The molecule has 0 unspecified atom stereocenters. The van der Waals surface area contributed by atoms with Gasteiger partial charge in [0.25, 0.3) is 5.91 Å². The number of anilines is 1. The summed E-state index contributed by atoms with van der Waals surface area (Å²) < 4.78 is 5.22. The number of nitrogens with zero attached hydrogens (tertiary/aromatic N) is 4. The molecular formula is C12H15ClN6O2. The van der Waals surface area contributed by atoms with Crippen molar-refractivity contribution < 1.29 is 9.32 Å². The van der Waals surface area contributed by atoms with Gasteiger partial charge in [-0.05, 0) is 12.8 Å². The number of halogens is 1. The fourth-order valence-corrected chi connectivity index (χ4v) is 2.28. The molecule has 0 aliphatic heterocycles. The summed E-state index contributed by atoms with van der Waals surface area (Å²) in [7, 11) is 1.62. The minimum atomic E-state index is -0.334. The van der Waals surface area contributed by atoms with Crippen LogP contribution in [0.15, 0.2) is 4.52 Å². The average Bonchev–Trinajstić information content (AvgIpc) is 2.96. The molecule has 1 saturated carbocycles. The Kier molecular flexibility index (Phi) is 3.54. The molecule has 0 bridgehead atoms. The quantitative estimate of drug-likeness (QED) is 0.886. The van der Waals surface area contributed by atoms with Crippen LogP contribution in [-0.4, -0.2) is 38.2 Å². The minimum Gasteiger partial charge on any atom is -0.381 e. The number of hydrogen-bond donors (Lipinski definition) is 2. The molecule has 0 spiro atoms. The first-order valence-electron chi connectivity index (χ1n) is 6.63. The Hall–Kier alpha value is -2.09. The van der Waals surface area contributed by atoms with Gasteiger partial charge in [-0.25, -0.2) is 0 Å². The van der Waals surface area contributed by atoms with E-state index in [0.29, 0.717) is 17.6 Å². The maximum atomic E-state index is 12.2. The third-order valence-corrected chi connectivity index (χ3v) is 3.99. The highest BCUT2D eigenvalue weighted by atomic mass is 35.5. The lowest BCUT2D eigenvalue weighted by molar-refractivity contribution is 0.0775.